The van der Waals surface area contributed by atoms with Gasteiger partial charge in [0, 0.05) is 18.9 Å². The topological polar surface area (TPSA) is 51.2 Å². The highest BCUT2D eigenvalue weighted by molar-refractivity contribution is 8.13. The van der Waals surface area contributed by atoms with E-state index in [1.807, 2.05) is 18.2 Å². The van der Waals surface area contributed by atoms with Crippen LogP contribution < -0.4 is 0 Å². The van der Waals surface area contributed by atoms with E-state index >= 15 is 0 Å². The zero-order valence-electron chi connectivity index (χ0n) is 10.4. The van der Waals surface area contributed by atoms with E-state index in [4.69, 9.17) is 0 Å². The van der Waals surface area contributed by atoms with Gasteiger partial charge in [-0.25, -0.2) is 8.42 Å². The molecule has 1 rings (SSSR count). The molecule has 5 heteroatoms. The van der Waals surface area contributed by atoms with Gasteiger partial charge in [0.1, 0.15) is 0 Å². The van der Waals surface area contributed by atoms with Gasteiger partial charge < -0.3 is 0 Å². The Morgan fingerprint density at radius 3 is 2.72 bits per heavy atom. The zero-order chi connectivity index (χ0) is 13.6. The van der Waals surface area contributed by atoms with Crippen molar-refractivity contribution in [3.8, 4) is 0 Å². The van der Waals surface area contributed by atoms with Crippen LogP contribution in [0, 0.1) is 0 Å². The van der Waals surface area contributed by atoms with Crippen LogP contribution in [-0.2, 0) is 14.6 Å². The van der Waals surface area contributed by atoms with Crippen molar-refractivity contribution >= 4 is 32.8 Å². The third-order valence-electron chi connectivity index (χ3n) is 2.19. The summed E-state index contributed by atoms with van der Waals surface area (Å²) < 4.78 is 22.7. The first-order valence-electron chi connectivity index (χ1n) is 5.49. The van der Waals surface area contributed by atoms with Crippen molar-refractivity contribution in [2.45, 2.75) is 18.2 Å². The molecule has 0 atom stereocenters. The van der Waals surface area contributed by atoms with Crippen molar-refractivity contribution in [3.63, 3.8) is 0 Å². The Balaban J connectivity index is 2.63. The summed E-state index contributed by atoms with van der Waals surface area (Å²) in [4.78, 5) is 11.0. The second-order valence-corrected chi connectivity index (χ2v) is 7.16. The Hall–Kier alpha value is -1.07. The molecule has 3 nitrogen and oxygen atoms in total. The lowest BCUT2D eigenvalue weighted by atomic mass is 10.2. The monoisotopic (exact) mass is 284 g/mol. The summed E-state index contributed by atoms with van der Waals surface area (Å²) in [7, 11) is -3.15. The van der Waals surface area contributed by atoms with E-state index in [0.717, 1.165) is 17.7 Å². The molecule has 0 amide bonds. The normalized spacial score (nSPS) is 11.9. The van der Waals surface area contributed by atoms with E-state index in [1.54, 1.807) is 25.1 Å². The number of carbonyl (C=O) groups is 1. The number of allylic oxidation sites excluding steroid dienone is 1. The molecular weight excluding hydrogens is 268 g/mol. The average Bonchev–Trinajstić information content (AvgIpc) is 2.27. The summed E-state index contributed by atoms with van der Waals surface area (Å²) in [5.41, 5.74) is 0.853. The molecule has 0 fully saturated rings. The Morgan fingerprint density at radius 2 is 2.11 bits per heavy atom. The largest absolute Gasteiger partial charge is 0.288 e. The van der Waals surface area contributed by atoms with E-state index in [0.29, 0.717) is 4.90 Å². The van der Waals surface area contributed by atoms with Crippen LogP contribution >= 0.6 is 11.8 Å². The molecule has 0 saturated heterocycles. The molecule has 0 unspecified atom stereocenters. The number of sulfone groups is 1. The summed E-state index contributed by atoms with van der Waals surface area (Å²) >= 11 is 1.29. The zero-order valence-corrected chi connectivity index (χ0v) is 12.1. The lowest BCUT2D eigenvalue weighted by molar-refractivity contribution is -0.109. The highest BCUT2D eigenvalue weighted by Gasteiger charge is 2.05. The molecule has 0 saturated carbocycles. The van der Waals surface area contributed by atoms with Crippen LogP contribution in [0.3, 0.4) is 0 Å². The highest BCUT2D eigenvalue weighted by atomic mass is 32.2. The minimum atomic E-state index is -3.15. The molecule has 0 heterocycles. The van der Waals surface area contributed by atoms with Crippen LogP contribution in [0.25, 0.3) is 6.08 Å². The molecule has 0 bridgehead atoms. The van der Waals surface area contributed by atoms with Gasteiger partial charge in [-0.05, 0) is 24.1 Å². The van der Waals surface area contributed by atoms with Crippen molar-refractivity contribution < 1.29 is 13.2 Å². The standard InChI is InChI=1S/C13H16O3S2/c1-11(14)17-9-4-3-6-12-7-5-8-13(10-12)18(2,15)16/h3,5-8,10H,4,9H2,1-2H3. The Morgan fingerprint density at radius 1 is 1.39 bits per heavy atom. The lowest BCUT2D eigenvalue weighted by Gasteiger charge is -1.99. The first-order chi connectivity index (χ1) is 8.39. The average molecular weight is 284 g/mol. The maximum atomic E-state index is 11.4. The summed E-state index contributed by atoms with van der Waals surface area (Å²) in [5, 5.41) is 0.113. The van der Waals surface area contributed by atoms with Crippen LogP contribution in [0.15, 0.2) is 35.2 Å². The van der Waals surface area contributed by atoms with Crippen molar-refractivity contribution in [2.24, 2.45) is 0 Å². The van der Waals surface area contributed by atoms with E-state index in [-0.39, 0.29) is 5.12 Å². The fourth-order valence-electron chi connectivity index (χ4n) is 1.34. The Kier molecular flexibility index (Phi) is 5.62. The Labute approximate surface area is 112 Å². The van der Waals surface area contributed by atoms with Crippen molar-refractivity contribution in [2.75, 3.05) is 12.0 Å². The van der Waals surface area contributed by atoms with Gasteiger partial charge in [0.05, 0.1) is 4.90 Å². The van der Waals surface area contributed by atoms with Gasteiger partial charge >= 0.3 is 0 Å². The van der Waals surface area contributed by atoms with Crippen molar-refractivity contribution in [1.82, 2.24) is 0 Å². The molecule has 0 aliphatic heterocycles. The molecule has 0 aliphatic rings. The summed E-state index contributed by atoms with van der Waals surface area (Å²) in [5.74, 6) is 0.748. The molecule has 0 aliphatic carbocycles. The summed E-state index contributed by atoms with van der Waals surface area (Å²) in [6.07, 6.45) is 5.79. The maximum Gasteiger partial charge on any atom is 0.185 e. The third-order valence-corrected chi connectivity index (χ3v) is 4.14. The molecule has 0 spiro atoms. The number of hydrogen-bond acceptors (Lipinski definition) is 4. The highest BCUT2D eigenvalue weighted by Crippen LogP contribution is 2.13. The molecular formula is C13H16O3S2. The number of benzene rings is 1. The number of thioether (sulfide) groups is 1. The van der Waals surface area contributed by atoms with Crippen molar-refractivity contribution in [1.29, 1.82) is 0 Å². The quantitative estimate of drug-likeness (QED) is 0.780. The van der Waals surface area contributed by atoms with Crippen molar-refractivity contribution in [3.05, 3.63) is 35.9 Å². The molecule has 1 aromatic carbocycles. The van der Waals surface area contributed by atoms with Crippen LogP contribution in [-0.4, -0.2) is 25.5 Å². The summed E-state index contributed by atoms with van der Waals surface area (Å²) in [6.45, 7) is 1.55. The van der Waals surface area contributed by atoms with Gasteiger partial charge in [-0.1, -0.05) is 36.0 Å². The summed E-state index contributed by atoms with van der Waals surface area (Å²) in [6, 6.07) is 6.80. The SMILES string of the molecule is CC(=O)SCCC=Cc1cccc(S(C)(=O)=O)c1. The predicted molar refractivity (Wildman–Crippen MR) is 76.3 cm³/mol. The van der Waals surface area contributed by atoms with Gasteiger partial charge in [0.2, 0.25) is 0 Å². The molecule has 1 aromatic rings. The second kappa shape index (κ2) is 6.75. The first kappa shape index (κ1) is 15.0. The van der Waals surface area contributed by atoms with Crippen LogP contribution in [0.5, 0.6) is 0 Å². The fraction of sp³-hybridized carbons (Fsp3) is 0.308. The minimum absolute atomic E-state index is 0.113. The smallest absolute Gasteiger partial charge is 0.185 e. The number of carbonyl (C=O) groups excluding carboxylic acids is 1. The fourth-order valence-corrected chi connectivity index (χ4v) is 2.56. The first-order valence-corrected chi connectivity index (χ1v) is 8.37. The van der Waals surface area contributed by atoms with Gasteiger partial charge in [-0.3, -0.25) is 4.79 Å². The van der Waals surface area contributed by atoms with Gasteiger partial charge in [-0.15, -0.1) is 0 Å². The maximum absolute atomic E-state index is 11.4. The second-order valence-electron chi connectivity index (χ2n) is 3.88. The van der Waals surface area contributed by atoms with Crippen LogP contribution in [0.2, 0.25) is 0 Å². The van der Waals surface area contributed by atoms with E-state index < -0.39 is 9.84 Å². The van der Waals surface area contributed by atoms with Crippen LogP contribution in [0.4, 0.5) is 0 Å². The predicted octanol–water partition coefficient (Wildman–Crippen LogP) is 2.77. The minimum Gasteiger partial charge on any atom is -0.288 e. The molecule has 0 radical (unpaired) electrons. The van der Waals surface area contributed by atoms with E-state index in [1.165, 1.54) is 18.0 Å². The van der Waals surface area contributed by atoms with Gasteiger partial charge in [-0.2, -0.15) is 0 Å². The van der Waals surface area contributed by atoms with E-state index in [9.17, 15) is 13.2 Å². The molecule has 98 valence electrons. The Bertz CT molecular complexity index is 545. The third kappa shape index (κ3) is 5.51. The lowest BCUT2D eigenvalue weighted by Crippen LogP contribution is -1.96. The molecule has 18 heavy (non-hydrogen) atoms. The van der Waals surface area contributed by atoms with Gasteiger partial charge in [0.15, 0.2) is 15.0 Å². The van der Waals surface area contributed by atoms with Crippen LogP contribution in [0.1, 0.15) is 18.9 Å². The molecule has 0 N–H and O–H groups in total. The van der Waals surface area contributed by atoms with Gasteiger partial charge in [0.25, 0.3) is 0 Å². The number of hydrogen-bond donors (Lipinski definition) is 0. The molecule has 0 aromatic heterocycles. The van der Waals surface area contributed by atoms with E-state index in [2.05, 4.69) is 0 Å². The number of rotatable bonds is 5.